The summed E-state index contributed by atoms with van der Waals surface area (Å²) in [5, 5.41) is 4.84. The summed E-state index contributed by atoms with van der Waals surface area (Å²) in [5.41, 5.74) is 6.43. The molecular formula is C12H13N3O2S. The second-order valence-electron chi connectivity index (χ2n) is 3.69. The van der Waals surface area contributed by atoms with E-state index < -0.39 is 6.09 Å². The maximum atomic E-state index is 11.6. The minimum Gasteiger partial charge on any atom is -0.410 e. The van der Waals surface area contributed by atoms with Crippen LogP contribution in [0.15, 0.2) is 35.7 Å². The lowest BCUT2D eigenvalue weighted by atomic mass is 10.3. The second-order valence-corrected chi connectivity index (χ2v) is 4.55. The molecule has 1 amide bonds. The quantitative estimate of drug-likeness (QED) is 0.892. The summed E-state index contributed by atoms with van der Waals surface area (Å²) in [6.07, 6.45) is -0.563. The first kappa shape index (κ1) is 12.5. The lowest BCUT2D eigenvalue weighted by Crippen LogP contribution is -2.16. The molecule has 1 heterocycles. The van der Waals surface area contributed by atoms with Gasteiger partial charge in [0, 0.05) is 11.4 Å². The Hall–Kier alpha value is -1.92. The van der Waals surface area contributed by atoms with Gasteiger partial charge in [0.1, 0.15) is 5.75 Å². The van der Waals surface area contributed by atoms with E-state index in [0.717, 1.165) is 5.69 Å². The molecule has 6 heteroatoms. The molecule has 1 unspecified atom stereocenters. The highest BCUT2D eigenvalue weighted by molar-refractivity contribution is 7.13. The lowest BCUT2D eigenvalue weighted by molar-refractivity contribution is 0.215. The highest BCUT2D eigenvalue weighted by Crippen LogP contribution is 2.19. The molecule has 1 atom stereocenters. The zero-order valence-corrected chi connectivity index (χ0v) is 10.6. The van der Waals surface area contributed by atoms with Crippen molar-refractivity contribution in [2.75, 3.05) is 5.32 Å². The molecule has 2 rings (SSSR count). The molecule has 0 saturated heterocycles. The van der Waals surface area contributed by atoms with Crippen molar-refractivity contribution in [1.82, 2.24) is 4.98 Å². The van der Waals surface area contributed by atoms with Crippen molar-refractivity contribution in [2.24, 2.45) is 5.73 Å². The number of carbonyl (C=O) groups is 1. The van der Waals surface area contributed by atoms with Gasteiger partial charge in [-0.05, 0) is 19.1 Å². The van der Waals surface area contributed by atoms with Crippen LogP contribution < -0.4 is 15.8 Å². The number of amides is 1. The Balaban J connectivity index is 1.95. The summed E-state index contributed by atoms with van der Waals surface area (Å²) in [4.78, 5) is 15.7. The lowest BCUT2D eigenvalue weighted by Gasteiger charge is -2.03. The van der Waals surface area contributed by atoms with E-state index in [-0.39, 0.29) is 6.04 Å². The van der Waals surface area contributed by atoms with Gasteiger partial charge in [-0.15, -0.1) is 11.3 Å². The van der Waals surface area contributed by atoms with Gasteiger partial charge in [-0.2, -0.15) is 0 Å². The summed E-state index contributed by atoms with van der Waals surface area (Å²) >= 11 is 1.31. The van der Waals surface area contributed by atoms with Crippen LogP contribution in [0.3, 0.4) is 0 Å². The third-order valence-corrected chi connectivity index (χ3v) is 2.93. The number of ether oxygens (including phenoxy) is 1. The second kappa shape index (κ2) is 5.61. The van der Waals surface area contributed by atoms with Crippen molar-refractivity contribution in [3.05, 3.63) is 41.4 Å². The van der Waals surface area contributed by atoms with Gasteiger partial charge >= 0.3 is 6.09 Å². The number of anilines is 1. The molecule has 0 aliphatic rings. The predicted molar refractivity (Wildman–Crippen MR) is 70.8 cm³/mol. The largest absolute Gasteiger partial charge is 0.418 e. The molecule has 0 aliphatic carbocycles. The number of para-hydroxylation sites is 1. The summed E-state index contributed by atoms with van der Waals surface area (Å²) < 4.78 is 5.07. The van der Waals surface area contributed by atoms with Crippen LogP contribution in [0.1, 0.15) is 18.7 Å². The number of hydrogen-bond donors (Lipinski definition) is 2. The van der Waals surface area contributed by atoms with E-state index in [9.17, 15) is 4.79 Å². The van der Waals surface area contributed by atoms with E-state index in [1.165, 1.54) is 11.3 Å². The molecule has 18 heavy (non-hydrogen) atoms. The predicted octanol–water partition coefficient (Wildman–Crippen LogP) is 2.77. The van der Waals surface area contributed by atoms with Crippen LogP contribution in [0.2, 0.25) is 0 Å². The molecule has 0 radical (unpaired) electrons. The molecule has 5 nitrogen and oxygen atoms in total. The van der Waals surface area contributed by atoms with Crippen molar-refractivity contribution < 1.29 is 9.53 Å². The maximum absolute atomic E-state index is 11.6. The molecule has 0 spiro atoms. The van der Waals surface area contributed by atoms with Gasteiger partial charge in [-0.25, -0.2) is 9.78 Å². The molecule has 1 aromatic carbocycles. The molecule has 1 aromatic heterocycles. The van der Waals surface area contributed by atoms with Crippen molar-refractivity contribution in [3.63, 3.8) is 0 Å². The van der Waals surface area contributed by atoms with E-state index in [1.807, 2.05) is 18.4 Å². The summed E-state index contributed by atoms with van der Waals surface area (Å²) in [7, 11) is 0. The number of benzene rings is 1. The Kier molecular flexibility index (Phi) is 3.91. The van der Waals surface area contributed by atoms with E-state index in [1.54, 1.807) is 24.3 Å². The van der Waals surface area contributed by atoms with Gasteiger partial charge in [-0.1, -0.05) is 18.2 Å². The van der Waals surface area contributed by atoms with E-state index in [0.29, 0.717) is 10.9 Å². The van der Waals surface area contributed by atoms with Gasteiger partial charge in [0.2, 0.25) is 0 Å². The maximum Gasteiger partial charge on any atom is 0.418 e. The average Bonchev–Trinajstić information content (AvgIpc) is 2.78. The number of rotatable bonds is 3. The highest BCUT2D eigenvalue weighted by atomic mass is 32.1. The molecule has 0 fully saturated rings. The molecule has 0 bridgehead atoms. The summed E-state index contributed by atoms with van der Waals surface area (Å²) in [5.74, 6) is 0.485. The third-order valence-electron chi connectivity index (χ3n) is 2.15. The van der Waals surface area contributed by atoms with Gasteiger partial charge < -0.3 is 10.5 Å². The zero-order chi connectivity index (χ0) is 13.0. The average molecular weight is 263 g/mol. The Morgan fingerprint density at radius 2 is 2.17 bits per heavy atom. The van der Waals surface area contributed by atoms with Crippen LogP contribution in [0.4, 0.5) is 9.93 Å². The van der Waals surface area contributed by atoms with Gasteiger partial charge in [0.05, 0.1) is 5.69 Å². The van der Waals surface area contributed by atoms with Gasteiger partial charge in [0.25, 0.3) is 0 Å². The van der Waals surface area contributed by atoms with Gasteiger partial charge in [0.15, 0.2) is 5.13 Å². The molecule has 3 N–H and O–H groups in total. The standard InChI is InChI=1S/C12H13N3O2S/c1-8(13)10-7-18-11(14-10)15-12(16)17-9-5-3-2-4-6-9/h2-8H,13H2,1H3,(H,14,15,16). The number of aromatic nitrogens is 1. The van der Waals surface area contributed by atoms with Crippen molar-refractivity contribution in [2.45, 2.75) is 13.0 Å². The Bertz CT molecular complexity index is 525. The van der Waals surface area contributed by atoms with Crippen LogP contribution in [0, 0.1) is 0 Å². The Morgan fingerprint density at radius 1 is 1.44 bits per heavy atom. The Labute approximate surface area is 109 Å². The van der Waals surface area contributed by atoms with Crippen LogP contribution in [-0.4, -0.2) is 11.1 Å². The van der Waals surface area contributed by atoms with Crippen LogP contribution in [0.25, 0.3) is 0 Å². The fraction of sp³-hybridized carbons (Fsp3) is 0.167. The van der Waals surface area contributed by atoms with E-state index in [2.05, 4.69) is 10.3 Å². The molecule has 0 aliphatic heterocycles. The fourth-order valence-electron chi connectivity index (χ4n) is 1.26. The molecule has 94 valence electrons. The summed E-state index contributed by atoms with van der Waals surface area (Å²) in [6, 6.07) is 8.69. The van der Waals surface area contributed by atoms with Crippen LogP contribution >= 0.6 is 11.3 Å². The normalized spacial score (nSPS) is 11.9. The van der Waals surface area contributed by atoms with E-state index in [4.69, 9.17) is 10.5 Å². The zero-order valence-electron chi connectivity index (χ0n) is 9.79. The van der Waals surface area contributed by atoms with Crippen molar-refractivity contribution in [3.8, 4) is 5.75 Å². The number of carbonyl (C=O) groups excluding carboxylic acids is 1. The number of hydrogen-bond acceptors (Lipinski definition) is 5. The van der Waals surface area contributed by atoms with Crippen LogP contribution in [0.5, 0.6) is 5.75 Å². The minimum atomic E-state index is -0.563. The minimum absolute atomic E-state index is 0.151. The highest BCUT2D eigenvalue weighted by Gasteiger charge is 2.10. The first-order valence-corrected chi connectivity index (χ1v) is 6.28. The van der Waals surface area contributed by atoms with Crippen molar-refractivity contribution >= 4 is 22.6 Å². The first-order chi connectivity index (χ1) is 8.65. The van der Waals surface area contributed by atoms with E-state index >= 15 is 0 Å². The SMILES string of the molecule is CC(N)c1csc(NC(=O)Oc2ccccc2)n1. The number of nitrogens with zero attached hydrogens (tertiary/aromatic N) is 1. The third kappa shape index (κ3) is 3.28. The monoisotopic (exact) mass is 263 g/mol. The first-order valence-electron chi connectivity index (χ1n) is 5.40. The van der Waals surface area contributed by atoms with Crippen LogP contribution in [-0.2, 0) is 0 Å². The number of nitrogens with two attached hydrogens (primary N) is 1. The number of thiazole rings is 1. The summed E-state index contributed by atoms with van der Waals surface area (Å²) in [6.45, 7) is 1.83. The number of nitrogens with one attached hydrogen (secondary N) is 1. The molecule has 2 aromatic rings. The van der Waals surface area contributed by atoms with Crippen molar-refractivity contribution in [1.29, 1.82) is 0 Å². The van der Waals surface area contributed by atoms with Gasteiger partial charge in [-0.3, -0.25) is 5.32 Å². The topological polar surface area (TPSA) is 77.2 Å². The fourth-order valence-corrected chi connectivity index (χ4v) is 2.06. The molecular weight excluding hydrogens is 250 g/mol. The Morgan fingerprint density at radius 3 is 2.78 bits per heavy atom. The smallest absolute Gasteiger partial charge is 0.410 e. The molecule has 0 saturated carbocycles.